The third kappa shape index (κ3) is 2.12. The molecule has 0 spiro atoms. The van der Waals surface area contributed by atoms with Gasteiger partial charge in [0, 0.05) is 10.9 Å². The molecule has 0 aromatic carbocycles. The monoisotopic (exact) mass is 197 g/mol. The van der Waals surface area contributed by atoms with Crippen LogP contribution in [0, 0.1) is 12.3 Å². The molecule has 0 amide bonds. The van der Waals surface area contributed by atoms with Gasteiger partial charge in [-0.15, -0.1) is 11.3 Å². The van der Waals surface area contributed by atoms with Gasteiger partial charge in [0.15, 0.2) is 0 Å². The molecule has 2 heteroatoms. The molecule has 0 aliphatic heterocycles. The molecule has 0 radical (unpaired) electrons. The lowest BCUT2D eigenvalue weighted by Crippen LogP contribution is -2.28. The third-order valence-corrected chi connectivity index (χ3v) is 3.85. The molecule has 1 atom stereocenters. The molecule has 13 heavy (non-hydrogen) atoms. The minimum atomic E-state index is 0.170. The Kier molecular flexibility index (Phi) is 3.14. The fourth-order valence-electron chi connectivity index (χ4n) is 1.36. The van der Waals surface area contributed by atoms with Crippen molar-refractivity contribution in [1.29, 1.82) is 0 Å². The van der Waals surface area contributed by atoms with Gasteiger partial charge in [0.1, 0.15) is 0 Å². The van der Waals surface area contributed by atoms with E-state index >= 15 is 0 Å². The number of rotatable bonds is 3. The molecule has 0 bridgehead atoms. The summed E-state index contributed by atoms with van der Waals surface area (Å²) in [6, 6.07) is 2.32. The summed E-state index contributed by atoms with van der Waals surface area (Å²) in [6.45, 7) is 8.80. The van der Waals surface area contributed by atoms with Gasteiger partial charge in [-0.2, -0.15) is 0 Å². The van der Waals surface area contributed by atoms with Crippen LogP contribution in [-0.4, -0.2) is 0 Å². The largest absolute Gasteiger partial charge is 0.323 e. The Morgan fingerprint density at radius 1 is 1.54 bits per heavy atom. The Labute approximate surface area is 85.0 Å². The molecule has 1 unspecified atom stereocenters. The maximum absolute atomic E-state index is 6.24. The van der Waals surface area contributed by atoms with Gasteiger partial charge in [-0.25, -0.2) is 0 Å². The van der Waals surface area contributed by atoms with Gasteiger partial charge < -0.3 is 5.73 Å². The fraction of sp³-hybridized carbons (Fsp3) is 0.636. The van der Waals surface area contributed by atoms with Crippen molar-refractivity contribution in [2.45, 2.75) is 40.2 Å². The average molecular weight is 197 g/mol. The van der Waals surface area contributed by atoms with Crippen molar-refractivity contribution in [3.8, 4) is 0 Å². The number of hydrogen-bond donors (Lipinski definition) is 1. The van der Waals surface area contributed by atoms with Gasteiger partial charge in [0.2, 0.25) is 0 Å². The first-order valence-corrected chi connectivity index (χ1v) is 5.66. The summed E-state index contributed by atoms with van der Waals surface area (Å²) in [5.41, 5.74) is 7.75. The van der Waals surface area contributed by atoms with E-state index < -0.39 is 0 Å². The van der Waals surface area contributed by atoms with Crippen molar-refractivity contribution in [1.82, 2.24) is 0 Å². The quantitative estimate of drug-likeness (QED) is 0.788. The van der Waals surface area contributed by atoms with Gasteiger partial charge in [-0.1, -0.05) is 20.8 Å². The average Bonchev–Trinajstić information content (AvgIpc) is 2.50. The lowest BCUT2D eigenvalue weighted by atomic mass is 9.79. The normalized spacial score (nSPS) is 14.5. The number of thiophene rings is 1. The van der Waals surface area contributed by atoms with Crippen LogP contribution in [0.2, 0.25) is 0 Å². The van der Waals surface area contributed by atoms with Crippen molar-refractivity contribution >= 4 is 11.3 Å². The Bertz CT molecular complexity index is 275. The van der Waals surface area contributed by atoms with Crippen LogP contribution in [0.25, 0.3) is 0 Å². The zero-order valence-corrected chi connectivity index (χ0v) is 9.74. The Hall–Kier alpha value is -0.340. The molecule has 1 rings (SSSR count). The Morgan fingerprint density at radius 3 is 2.54 bits per heavy atom. The summed E-state index contributed by atoms with van der Waals surface area (Å²) in [6.07, 6.45) is 1.11. The predicted octanol–water partition coefficient (Wildman–Crippen LogP) is 3.49. The van der Waals surface area contributed by atoms with Gasteiger partial charge in [-0.3, -0.25) is 0 Å². The molecule has 0 aliphatic carbocycles. The molecule has 0 saturated carbocycles. The second-order valence-corrected chi connectivity index (χ2v) is 5.37. The van der Waals surface area contributed by atoms with Crippen LogP contribution in [0.3, 0.4) is 0 Å². The first-order valence-electron chi connectivity index (χ1n) is 4.78. The fourth-order valence-corrected chi connectivity index (χ4v) is 2.11. The molecule has 0 fully saturated rings. The van der Waals surface area contributed by atoms with E-state index in [2.05, 4.69) is 39.1 Å². The van der Waals surface area contributed by atoms with E-state index in [1.54, 1.807) is 11.3 Å². The van der Waals surface area contributed by atoms with Crippen molar-refractivity contribution < 1.29 is 0 Å². The van der Waals surface area contributed by atoms with Crippen molar-refractivity contribution in [2.75, 3.05) is 0 Å². The summed E-state index contributed by atoms with van der Waals surface area (Å²) < 4.78 is 0. The number of hydrogen-bond acceptors (Lipinski definition) is 2. The minimum Gasteiger partial charge on any atom is -0.323 e. The second-order valence-electron chi connectivity index (χ2n) is 4.25. The predicted molar refractivity (Wildman–Crippen MR) is 60.1 cm³/mol. The van der Waals surface area contributed by atoms with Crippen LogP contribution in [0.4, 0.5) is 0 Å². The van der Waals surface area contributed by atoms with Crippen LogP contribution in [-0.2, 0) is 0 Å². The molecule has 74 valence electrons. The van der Waals surface area contributed by atoms with Gasteiger partial charge in [0.25, 0.3) is 0 Å². The van der Waals surface area contributed by atoms with Crippen molar-refractivity contribution in [3.63, 3.8) is 0 Å². The SMILES string of the molecule is CCC(C)(C)C(N)c1ccsc1C. The van der Waals surface area contributed by atoms with E-state index in [9.17, 15) is 0 Å². The molecular formula is C11H19NS. The highest BCUT2D eigenvalue weighted by atomic mass is 32.1. The maximum Gasteiger partial charge on any atom is 0.0357 e. The third-order valence-electron chi connectivity index (χ3n) is 2.99. The number of aryl methyl sites for hydroxylation is 1. The zero-order chi connectivity index (χ0) is 10.1. The molecular weight excluding hydrogens is 178 g/mol. The first-order chi connectivity index (χ1) is 5.99. The first kappa shape index (κ1) is 10.7. The van der Waals surface area contributed by atoms with E-state index in [1.165, 1.54) is 10.4 Å². The van der Waals surface area contributed by atoms with E-state index in [0.29, 0.717) is 0 Å². The van der Waals surface area contributed by atoms with Crippen molar-refractivity contribution in [3.05, 3.63) is 21.9 Å². The highest BCUT2D eigenvalue weighted by Crippen LogP contribution is 2.36. The van der Waals surface area contributed by atoms with Crippen molar-refractivity contribution in [2.24, 2.45) is 11.1 Å². The van der Waals surface area contributed by atoms with Crippen LogP contribution in [0.5, 0.6) is 0 Å². The molecule has 0 aliphatic rings. The second kappa shape index (κ2) is 3.81. The molecule has 1 aromatic rings. The Balaban J connectivity index is 2.91. The highest BCUT2D eigenvalue weighted by Gasteiger charge is 2.26. The van der Waals surface area contributed by atoms with Crippen LogP contribution < -0.4 is 5.73 Å². The lowest BCUT2D eigenvalue weighted by molar-refractivity contribution is 0.278. The van der Waals surface area contributed by atoms with Gasteiger partial charge in [-0.05, 0) is 35.8 Å². The van der Waals surface area contributed by atoms with Crippen LogP contribution in [0.1, 0.15) is 43.7 Å². The van der Waals surface area contributed by atoms with Crippen LogP contribution in [0.15, 0.2) is 11.4 Å². The zero-order valence-electron chi connectivity index (χ0n) is 8.92. The Morgan fingerprint density at radius 2 is 2.15 bits per heavy atom. The van der Waals surface area contributed by atoms with Crippen LogP contribution >= 0.6 is 11.3 Å². The molecule has 2 N–H and O–H groups in total. The summed E-state index contributed by atoms with van der Waals surface area (Å²) in [5.74, 6) is 0. The minimum absolute atomic E-state index is 0.170. The smallest absolute Gasteiger partial charge is 0.0357 e. The lowest BCUT2D eigenvalue weighted by Gasteiger charge is -2.30. The van der Waals surface area contributed by atoms with E-state index in [4.69, 9.17) is 5.73 Å². The highest BCUT2D eigenvalue weighted by molar-refractivity contribution is 7.10. The topological polar surface area (TPSA) is 26.0 Å². The van der Waals surface area contributed by atoms with E-state index in [0.717, 1.165) is 6.42 Å². The molecule has 1 aromatic heterocycles. The maximum atomic E-state index is 6.24. The standard InChI is InChI=1S/C11H19NS/c1-5-11(3,4)10(12)9-6-7-13-8(9)2/h6-7,10H,5,12H2,1-4H3. The van der Waals surface area contributed by atoms with Gasteiger partial charge in [0.05, 0.1) is 0 Å². The summed E-state index contributed by atoms with van der Waals surface area (Å²) in [4.78, 5) is 1.36. The number of nitrogens with two attached hydrogens (primary N) is 1. The summed E-state index contributed by atoms with van der Waals surface area (Å²) in [7, 11) is 0. The summed E-state index contributed by atoms with van der Waals surface area (Å²) in [5, 5.41) is 2.12. The van der Waals surface area contributed by atoms with E-state index in [1.807, 2.05) is 0 Å². The molecule has 1 nitrogen and oxygen atoms in total. The van der Waals surface area contributed by atoms with E-state index in [-0.39, 0.29) is 11.5 Å². The van der Waals surface area contributed by atoms with Gasteiger partial charge >= 0.3 is 0 Å². The summed E-state index contributed by atoms with van der Waals surface area (Å²) >= 11 is 1.78. The molecule has 1 heterocycles. The molecule has 0 saturated heterocycles.